The number of rotatable bonds is 5. The highest BCUT2D eigenvalue weighted by Crippen LogP contribution is 2.24. The molecule has 0 aliphatic heterocycles. The van der Waals surface area contributed by atoms with Gasteiger partial charge in [0.15, 0.2) is 0 Å². The van der Waals surface area contributed by atoms with Crippen LogP contribution in [0.2, 0.25) is 0 Å². The Labute approximate surface area is 76.5 Å². The lowest BCUT2D eigenvalue weighted by atomic mass is 10.3. The molecule has 1 fully saturated rings. The van der Waals surface area contributed by atoms with Gasteiger partial charge >= 0.3 is 0 Å². The molecule has 0 spiro atoms. The summed E-state index contributed by atoms with van der Waals surface area (Å²) in [6.07, 6.45) is 2.84. The first-order valence-corrected chi connectivity index (χ1v) is 5.01. The minimum atomic E-state index is 0.678. The van der Waals surface area contributed by atoms with Gasteiger partial charge in [0.1, 0.15) is 0 Å². The molecule has 12 heavy (non-hydrogen) atoms. The van der Waals surface area contributed by atoms with Crippen LogP contribution < -0.4 is 0 Å². The molecule has 1 saturated carbocycles. The van der Waals surface area contributed by atoms with Crippen molar-refractivity contribution in [1.82, 2.24) is 9.80 Å². The van der Waals surface area contributed by atoms with Gasteiger partial charge in [-0.25, -0.2) is 0 Å². The van der Waals surface area contributed by atoms with Gasteiger partial charge in [0, 0.05) is 25.2 Å². The fourth-order valence-electron chi connectivity index (χ4n) is 1.27. The number of nitrogens with zero attached hydrogens (tertiary/aromatic N) is 2. The van der Waals surface area contributed by atoms with Gasteiger partial charge in [0.05, 0.1) is 0 Å². The largest absolute Gasteiger partial charge is 0.303 e. The molecule has 0 saturated heterocycles. The maximum Gasteiger partial charge on any atom is 0.0109 e. The van der Waals surface area contributed by atoms with Crippen molar-refractivity contribution < 1.29 is 0 Å². The fourth-order valence-corrected chi connectivity index (χ4v) is 1.27. The van der Waals surface area contributed by atoms with Crippen molar-refractivity contribution in [2.24, 2.45) is 0 Å². The molecule has 0 heterocycles. The summed E-state index contributed by atoms with van der Waals surface area (Å²) in [6.45, 7) is 6.91. The lowest BCUT2D eigenvalue weighted by molar-refractivity contribution is 0.220. The fraction of sp³-hybridized carbons (Fsp3) is 1.00. The monoisotopic (exact) mass is 170 g/mol. The SMILES string of the molecule is CC(C)N(C)CCN(C)C1CC1. The van der Waals surface area contributed by atoms with E-state index in [0.29, 0.717) is 6.04 Å². The van der Waals surface area contributed by atoms with E-state index >= 15 is 0 Å². The molecule has 0 atom stereocenters. The minimum Gasteiger partial charge on any atom is -0.303 e. The first-order chi connectivity index (χ1) is 5.61. The molecule has 2 heteroatoms. The third-order valence-corrected chi connectivity index (χ3v) is 2.86. The van der Waals surface area contributed by atoms with Crippen molar-refractivity contribution in [3.8, 4) is 0 Å². The Kier molecular flexibility index (Phi) is 3.53. The molecule has 0 N–H and O–H groups in total. The van der Waals surface area contributed by atoms with Gasteiger partial charge in [-0.05, 0) is 40.8 Å². The molecule has 0 aromatic heterocycles. The summed E-state index contributed by atoms with van der Waals surface area (Å²) < 4.78 is 0. The van der Waals surface area contributed by atoms with Crippen LogP contribution in [0.5, 0.6) is 0 Å². The van der Waals surface area contributed by atoms with Crippen LogP contribution in [0.1, 0.15) is 26.7 Å². The predicted octanol–water partition coefficient (Wildman–Crippen LogP) is 1.42. The van der Waals surface area contributed by atoms with Crippen molar-refractivity contribution >= 4 is 0 Å². The van der Waals surface area contributed by atoms with E-state index in [2.05, 4.69) is 37.7 Å². The predicted molar refractivity (Wildman–Crippen MR) is 53.4 cm³/mol. The van der Waals surface area contributed by atoms with Gasteiger partial charge in [-0.2, -0.15) is 0 Å². The Balaban J connectivity index is 2.07. The quantitative estimate of drug-likeness (QED) is 0.616. The molecule has 1 aliphatic rings. The van der Waals surface area contributed by atoms with Crippen LogP contribution >= 0.6 is 0 Å². The molecule has 0 amide bonds. The summed E-state index contributed by atoms with van der Waals surface area (Å²) in [6, 6.07) is 1.59. The average Bonchev–Trinajstić information content (AvgIpc) is 2.81. The highest BCUT2D eigenvalue weighted by molar-refractivity contribution is 4.82. The van der Waals surface area contributed by atoms with Crippen LogP contribution in [0.4, 0.5) is 0 Å². The van der Waals surface area contributed by atoms with Crippen LogP contribution in [-0.2, 0) is 0 Å². The standard InChI is InChI=1S/C10H22N2/c1-9(2)11(3)7-8-12(4)10-5-6-10/h9-10H,5-8H2,1-4H3. The maximum atomic E-state index is 2.49. The topological polar surface area (TPSA) is 6.48 Å². The number of hydrogen-bond donors (Lipinski definition) is 0. The van der Waals surface area contributed by atoms with Crippen LogP contribution in [0, 0.1) is 0 Å². The van der Waals surface area contributed by atoms with E-state index in [1.165, 1.54) is 25.9 Å². The highest BCUT2D eigenvalue weighted by Gasteiger charge is 2.25. The van der Waals surface area contributed by atoms with Gasteiger partial charge in [0.25, 0.3) is 0 Å². The zero-order valence-electron chi connectivity index (χ0n) is 8.88. The van der Waals surface area contributed by atoms with Crippen molar-refractivity contribution in [3.63, 3.8) is 0 Å². The number of likely N-dealkylation sites (N-methyl/N-ethyl adjacent to an activating group) is 2. The molecule has 0 bridgehead atoms. The van der Waals surface area contributed by atoms with Crippen LogP contribution in [-0.4, -0.2) is 49.1 Å². The molecule has 0 unspecified atom stereocenters. The van der Waals surface area contributed by atoms with Crippen LogP contribution in [0.25, 0.3) is 0 Å². The third-order valence-electron chi connectivity index (χ3n) is 2.86. The summed E-state index contributed by atoms with van der Waals surface area (Å²) in [7, 11) is 4.44. The van der Waals surface area contributed by atoms with E-state index in [4.69, 9.17) is 0 Å². The average molecular weight is 170 g/mol. The maximum absolute atomic E-state index is 2.49. The summed E-state index contributed by atoms with van der Waals surface area (Å²) >= 11 is 0. The highest BCUT2D eigenvalue weighted by atomic mass is 15.2. The molecule has 0 radical (unpaired) electrons. The summed E-state index contributed by atoms with van der Waals surface area (Å²) in [5.74, 6) is 0. The zero-order chi connectivity index (χ0) is 9.14. The Hall–Kier alpha value is -0.0800. The molecular formula is C10H22N2. The smallest absolute Gasteiger partial charge is 0.0109 e. The van der Waals surface area contributed by atoms with Gasteiger partial charge < -0.3 is 9.80 Å². The van der Waals surface area contributed by atoms with E-state index in [0.717, 1.165) is 6.04 Å². The summed E-state index contributed by atoms with van der Waals surface area (Å²) in [4.78, 5) is 4.89. The van der Waals surface area contributed by atoms with Gasteiger partial charge in [-0.3, -0.25) is 0 Å². The third kappa shape index (κ3) is 3.11. The van der Waals surface area contributed by atoms with Gasteiger partial charge in [-0.15, -0.1) is 0 Å². The van der Waals surface area contributed by atoms with E-state index in [1.807, 2.05) is 0 Å². The Morgan fingerprint density at radius 1 is 1.17 bits per heavy atom. The molecular weight excluding hydrogens is 148 g/mol. The number of hydrogen-bond acceptors (Lipinski definition) is 2. The van der Waals surface area contributed by atoms with Crippen LogP contribution in [0.3, 0.4) is 0 Å². The second kappa shape index (κ2) is 4.24. The molecule has 72 valence electrons. The van der Waals surface area contributed by atoms with Crippen molar-refractivity contribution in [3.05, 3.63) is 0 Å². The van der Waals surface area contributed by atoms with Gasteiger partial charge in [-0.1, -0.05) is 0 Å². The van der Waals surface area contributed by atoms with E-state index in [1.54, 1.807) is 0 Å². The second-order valence-corrected chi connectivity index (χ2v) is 4.29. The second-order valence-electron chi connectivity index (χ2n) is 4.29. The lowest BCUT2D eigenvalue weighted by Gasteiger charge is -2.24. The summed E-state index contributed by atoms with van der Waals surface area (Å²) in [5, 5.41) is 0. The zero-order valence-corrected chi connectivity index (χ0v) is 8.88. The van der Waals surface area contributed by atoms with Crippen molar-refractivity contribution in [1.29, 1.82) is 0 Å². The first-order valence-electron chi connectivity index (χ1n) is 5.01. The van der Waals surface area contributed by atoms with Crippen LogP contribution in [0.15, 0.2) is 0 Å². The van der Waals surface area contributed by atoms with Gasteiger partial charge in [0.2, 0.25) is 0 Å². The van der Waals surface area contributed by atoms with E-state index < -0.39 is 0 Å². The summed E-state index contributed by atoms with van der Waals surface area (Å²) in [5.41, 5.74) is 0. The molecule has 1 aliphatic carbocycles. The van der Waals surface area contributed by atoms with E-state index in [-0.39, 0.29) is 0 Å². The Morgan fingerprint density at radius 3 is 2.17 bits per heavy atom. The van der Waals surface area contributed by atoms with Crippen molar-refractivity contribution in [2.75, 3.05) is 27.2 Å². The Bertz CT molecular complexity index is 122. The normalized spacial score (nSPS) is 18.2. The van der Waals surface area contributed by atoms with E-state index in [9.17, 15) is 0 Å². The first kappa shape index (κ1) is 10.0. The van der Waals surface area contributed by atoms with Crippen molar-refractivity contribution in [2.45, 2.75) is 38.8 Å². The Morgan fingerprint density at radius 2 is 1.75 bits per heavy atom. The molecule has 2 nitrogen and oxygen atoms in total. The molecule has 0 aromatic rings. The minimum absolute atomic E-state index is 0.678. The molecule has 1 rings (SSSR count). The molecule has 0 aromatic carbocycles. The lowest BCUT2D eigenvalue weighted by Crippen LogP contribution is -2.35.